The van der Waals surface area contributed by atoms with Crippen LogP contribution in [0.15, 0.2) is 58.4 Å². The standard InChI is InChI=1S/C17H13N3O3S/c1-11-4-2-3-5-14(11)18-17-19-16(21)15(24-17)10-12-6-8-13(9-7-12)20(22)23/h2-10H,1H3,(H,18,19,21). The first-order valence-electron chi connectivity index (χ1n) is 7.12. The second-order valence-corrected chi connectivity index (χ2v) is 6.15. The van der Waals surface area contributed by atoms with Crippen LogP contribution in [-0.2, 0) is 4.79 Å². The first-order valence-corrected chi connectivity index (χ1v) is 7.94. The van der Waals surface area contributed by atoms with Gasteiger partial charge in [-0.15, -0.1) is 0 Å². The van der Waals surface area contributed by atoms with Crippen molar-refractivity contribution in [3.63, 3.8) is 0 Å². The molecule has 1 amide bonds. The number of hydrogen-bond donors (Lipinski definition) is 1. The summed E-state index contributed by atoms with van der Waals surface area (Å²) in [6.07, 6.45) is 1.68. The van der Waals surface area contributed by atoms with Crippen LogP contribution in [0.4, 0.5) is 11.4 Å². The van der Waals surface area contributed by atoms with E-state index in [1.54, 1.807) is 18.2 Å². The van der Waals surface area contributed by atoms with Crippen molar-refractivity contribution in [1.82, 2.24) is 5.32 Å². The molecule has 2 aromatic rings. The highest BCUT2D eigenvalue weighted by Gasteiger charge is 2.24. The summed E-state index contributed by atoms with van der Waals surface area (Å²) >= 11 is 1.24. The number of nitrogens with zero attached hydrogens (tertiary/aromatic N) is 2. The molecule has 0 unspecified atom stereocenters. The zero-order valence-electron chi connectivity index (χ0n) is 12.7. The van der Waals surface area contributed by atoms with Crippen LogP contribution >= 0.6 is 11.8 Å². The van der Waals surface area contributed by atoms with Crippen molar-refractivity contribution in [1.29, 1.82) is 0 Å². The number of amidine groups is 1. The van der Waals surface area contributed by atoms with Crippen molar-refractivity contribution in [3.8, 4) is 0 Å². The number of benzene rings is 2. The third-order valence-electron chi connectivity index (χ3n) is 3.39. The average Bonchev–Trinajstić information content (AvgIpc) is 2.90. The van der Waals surface area contributed by atoms with Gasteiger partial charge in [-0.3, -0.25) is 14.9 Å². The predicted molar refractivity (Wildman–Crippen MR) is 95.1 cm³/mol. The number of carbonyl (C=O) groups excluding carboxylic acids is 1. The number of hydrogen-bond acceptors (Lipinski definition) is 5. The second-order valence-electron chi connectivity index (χ2n) is 5.12. The lowest BCUT2D eigenvalue weighted by Crippen LogP contribution is -2.19. The maximum Gasteiger partial charge on any atom is 0.269 e. The largest absolute Gasteiger partial charge is 0.300 e. The summed E-state index contributed by atoms with van der Waals surface area (Å²) in [5.41, 5.74) is 2.56. The number of thioether (sulfide) groups is 1. The minimum absolute atomic E-state index is 0.0162. The van der Waals surface area contributed by atoms with Crippen LogP contribution in [0.5, 0.6) is 0 Å². The SMILES string of the molecule is Cc1ccccc1N=C1NC(=O)C(=Cc2ccc([N+](=O)[O-])cc2)S1. The normalized spacial score (nSPS) is 17.3. The molecule has 24 heavy (non-hydrogen) atoms. The van der Waals surface area contributed by atoms with Gasteiger partial charge in [0.2, 0.25) is 0 Å². The maximum absolute atomic E-state index is 12.1. The third-order valence-corrected chi connectivity index (χ3v) is 4.30. The fraction of sp³-hybridized carbons (Fsp3) is 0.0588. The van der Waals surface area contributed by atoms with E-state index in [1.807, 2.05) is 31.2 Å². The second kappa shape index (κ2) is 6.67. The van der Waals surface area contributed by atoms with Gasteiger partial charge in [0, 0.05) is 12.1 Å². The monoisotopic (exact) mass is 339 g/mol. The van der Waals surface area contributed by atoms with Gasteiger partial charge in [0.1, 0.15) is 0 Å². The number of aryl methyl sites for hydroxylation is 1. The summed E-state index contributed by atoms with van der Waals surface area (Å²) in [4.78, 5) is 27.2. The quantitative estimate of drug-likeness (QED) is 0.524. The molecule has 1 aliphatic rings. The Hall–Kier alpha value is -2.93. The molecule has 0 atom stereocenters. The highest BCUT2D eigenvalue weighted by atomic mass is 32.2. The Labute approximate surface area is 142 Å². The van der Waals surface area contributed by atoms with Crippen LogP contribution in [-0.4, -0.2) is 16.0 Å². The zero-order valence-corrected chi connectivity index (χ0v) is 13.5. The lowest BCUT2D eigenvalue weighted by molar-refractivity contribution is -0.384. The molecule has 0 spiro atoms. The molecule has 3 rings (SSSR count). The molecule has 1 aliphatic heterocycles. The van der Waals surface area contributed by atoms with Gasteiger partial charge in [0.15, 0.2) is 5.17 Å². The van der Waals surface area contributed by atoms with E-state index < -0.39 is 4.92 Å². The highest BCUT2D eigenvalue weighted by Crippen LogP contribution is 2.29. The van der Waals surface area contributed by atoms with Crippen LogP contribution in [0, 0.1) is 17.0 Å². The molecule has 6 nitrogen and oxygen atoms in total. The van der Waals surface area contributed by atoms with Crippen LogP contribution in [0.25, 0.3) is 6.08 Å². The van der Waals surface area contributed by atoms with Crippen molar-refractivity contribution < 1.29 is 9.72 Å². The Balaban J connectivity index is 1.82. The average molecular weight is 339 g/mol. The van der Waals surface area contributed by atoms with E-state index in [-0.39, 0.29) is 11.6 Å². The molecule has 0 radical (unpaired) electrons. The molecular formula is C17H13N3O3S. The highest BCUT2D eigenvalue weighted by molar-refractivity contribution is 8.18. The third kappa shape index (κ3) is 3.52. The van der Waals surface area contributed by atoms with Crippen LogP contribution in [0.2, 0.25) is 0 Å². The van der Waals surface area contributed by atoms with Gasteiger partial charge in [-0.25, -0.2) is 4.99 Å². The number of carbonyl (C=O) groups is 1. The van der Waals surface area contributed by atoms with E-state index in [0.717, 1.165) is 16.8 Å². The minimum atomic E-state index is -0.457. The van der Waals surface area contributed by atoms with Gasteiger partial charge in [0.05, 0.1) is 15.5 Å². The summed E-state index contributed by atoms with van der Waals surface area (Å²) in [6, 6.07) is 13.7. The van der Waals surface area contributed by atoms with E-state index in [0.29, 0.717) is 10.1 Å². The number of para-hydroxylation sites is 1. The topological polar surface area (TPSA) is 84.6 Å². The fourth-order valence-electron chi connectivity index (χ4n) is 2.12. The summed E-state index contributed by atoms with van der Waals surface area (Å²) in [5.74, 6) is -0.231. The smallest absolute Gasteiger partial charge is 0.269 e. The molecule has 120 valence electrons. The van der Waals surface area contributed by atoms with E-state index in [2.05, 4.69) is 10.3 Å². The first-order chi connectivity index (χ1) is 11.5. The Kier molecular flexibility index (Phi) is 4.43. The summed E-state index contributed by atoms with van der Waals surface area (Å²) in [7, 11) is 0. The fourth-order valence-corrected chi connectivity index (χ4v) is 2.96. The lowest BCUT2D eigenvalue weighted by Gasteiger charge is -1.99. The summed E-state index contributed by atoms with van der Waals surface area (Å²) in [5, 5.41) is 13.9. The summed E-state index contributed by atoms with van der Waals surface area (Å²) in [6.45, 7) is 1.95. The molecule has 0 bridgehead atoms. The van der Waals surface area contributed by atoms with Crippen LogP contribution in [0.3, 0.4) is 0 Å². The number of rotatable bonds is 3. The van der Waals surface area contributed by atoms with Gasteiger partial charge in [-0.1, -0.05) is 18.2 Å². The van der Waals surface area contributed by atoms with Gasteiger partial charge < -0.3 is 5.32 Å². The van der Waals surface area contributed by atoms with Gasteiger partial charge in [-0.05, 0) is 54.1 Å². The number of aliphatic imine (C=N–C) groups is 1. The maximum atomic E-state index is 12.1. The van der Waals surface area contributed by atoms with Crippen LogP contribution in [0.1, 0.15) is 11.1 Å². The van der Waals surface area contributed by atoms with Gasteiger partial charge in [0.25, 0.3) is 11.6 Å². The van der Waals surface area contributed by atoms with Crippen molar-refractivity contribution in [2.45, 2.75) is 6.92 Å². The minimum Gasteiger partial charge on any atom is -0.300 e. The molecule has 0 aromatic heterocycles. The summed E-state index contributed by atoms with van der Waals surface area (Å²) < 4.78 is 0. The van der Waals surface area contributed by atoms with E-state index in [4.69, 9.17) is 0 Å². The Morgan fingerprint density at radius 3 is 2.54 bits per heavy atom. The molecular weight excluding hydrogens is 326 g/mol. The van der Waals surface area contributed by atoms with E-state index >= 15 is 0 Å². The van der Waals surface area contributed by atoms with Crippen molar-refractivity contribution in [2.24, 2.45) is 4.99 Å². The number of nitro benzene ring substituents is 1. The molecule has 1 heterocycles. The number of amides is 1. The Morgan fingerprint density at radius 2 is 1.88 bits per heavy atom. The van der Waals surface area contributed by atoms with E-state index in [1.165, 1.54) is 23.9 Å². The Bertz CT molecular complexity index is 873. The zero-order chi connectivity index (χ0) is 17.1. The Morgan fingerprint density at radius 1 is 1.17 bits per heavy atom. The van der Waals surface area contributed by atoms with Crippen molar-refractivity contribution >= 4 is 40.3 Å². The van der Waals surface area contributed by atoms with Crippen LogP contribution < -0.4 is 5.32 Å². The molecule has 1 N–H and O–H groups in total. The van der Waals surface area contributed by atoms with Crippen molar-refractivity contribution in [2.75, 3.05) is 0 Å². The first kappa shape index (κ1) is 15.9. The van der Waals surface area contributed by atoms with Crippen molar-refractivity contribution in [3.05, 3.63) is 74.7 Å². The lowest BCUT2D eigenvalue weighted by atomic mass is 10.2. The molecule has 1 saturated heterocycles. The number of nitrogens with one attached hydrogen (secondary N) is 1. The predicted octanol–water partition coefficient (Wildman–Crippen LogP) is 3.79. The number of non-ortho nitro benzene ring substituents is 1. The molecule has 0 aliphatic carbocycles. The van der Waals surface area contributed by atoms with E-state index in [9.17, 15) is 14.9 Å². The number of nitro groups is 1. The van der Waals surface area contributed by atoms with Gasteiger partial charge in [-0.2, -0.15) is 0 Å². The molecule has 0 saturated carbocycles. The van der Waals surface area contributed by atoms with Gasteiger partial charge >= 0.3 is 0 Å². The molecule has 1 fully saturated rings. The molecule has 7 heteroatoms. The molecule has 2 aromatic carbocycles.